The molecular formula is C24H33ClO. The Hall–Kier alpha value is -1.47. The highest BCUT2D eigenvalue weighted by atomic mass is 35.5. The van der Waals surface area contributed by atoms with Crippen LogP contribution in [0.2, 0.25) is 5.02 Å². The van der Waals surface area contributed by atoms with Crippen molar-refractivity contribution in [3.05, 3.63) is 64.7 Å². The zero-order valence-corrected chi connectivity index (χ0v) is 17.4. The zero-order chi connectivity index (χ0) is 18.9. The van der Waals surface area contributed by atoms with Crippen molar-refractivity contribution in [2.24, 2.45) is 5.92 Å². The Labute approximate surface area is 164 Å². The van der Waals surface area contributed by atoms with E-state index in [9.17, 15) is 0 Å². The van der Waals surface area contributed by atoms with Crippen LogP contribution in [0.3, 0.4) is 0 Å². The third-order valence-corrected chi connectivity index (χ3v) is 5.56. The van der Waals surface area contributed by atoms with Crippen LogP contribution in [0.5, 0.6) is 5.75 Å². The van der Waals surface area contributed by atoms with Gasteiger partial charge in [0, 0.05) is 5.02 Å². The molecule has 26 heavy (non-hydrogen) atoms. The van der Waals surface area contributed by atoms with Gasteiger partial charge in [0.1, 0.15) is 5.75 Å². The standard InChI is InChI=1S/C24H33ClO/c1-18(2)8-9-21(22-12-16-24(26-4)17-13-22)7-5-6-19(3)20-10-14-23(25)15-11-20/h10-19,21H,5-9H2,1-4H3. The summed E-state index contributed by atoms with van der Waals surface area (Å²) in [5.74, 6) is 2.91. The molecular weight excluding hydrogens is 340 g/mol. The first-order chi connectivity index (χ1) is 12.5. The van der Waals surface area contributed by atoms with E-state index in [-0.39, 0.29) is 0 Å². The molecule has 0 spiro atoms. The van der Waals surface area contributed by atoms with Crippen LogP contribution in [0.1, 0.15) is 75.8 Å². The van der Waals surface area contributed by atoms with Crippen LogP contribution in [-0.4, -0.2) is 7.11 Å². The van der Waals surface area contributed by atoms with Crippen LogP contribution in [0.4, 0.5) is 0 Å². The molecule has 0 aromatic heterocycles. The van der Waals surface area contributed by atoms with Gasteiger partial charge in [-0.25, -0.2) is 0 Å². The Morgan fingerprint density at radius 3 is 1.96 bits per heavy atom. The molecule has 0 N–H and O–H groups in total. The van der Waals surface area contributed by atoms with E-state index in [0.29, 0.717) is 11.8 Å². The highest BCUT2D eigenvalue weighted by Crippen LogP contribution is 2.32. The van der Waals surface area contributed by atoms with Crippen molar-refractivity contribution in [1.82, 2.24) is 0 Å². The lowest BCUT2D eigenvalue weighted by Crippen LogP contribution is -2.03. The highest BCUT2D eigenvalue weighted by Gasteiger charge is 2.14. The van der Waals surface area contributed by atoms with Crippen LogP contribution in [0.25, 0.3) is 0 Å². The normalized spacial score (nSPS) is 13.6. The number of methoxy groups -OCH3 is 1. The maximum absolute atomic E-state index is 6.00. The summed E-state index contributed by atoms with van der Waals surface area (Å²) in [6, 6.07) is 17.0. The van der Waals surface area contributed by atoms with E-state index < -0.39 is 0 Å². The van der Waals surface area contributed by atoms with Gasteiger partial charge in [0.2, 0.25) is 0 Å². The monoisotopic (exact) mass is 372 g/mol. The van der Waals surface area contributed by atoms with Crippen LogP contribution in [0.15, 0.2) is 48.5 Å². The van der Waals surface area contributed by atoms with Crippen molar-refractivity contribution < 1.29 is 4.74 Å². The fourth-order valence-corrected chi connectivity index (χ4v) is 3.64. The molecule has 0 radical (unpaired) electrons. The second kappa shape index (κ2) is 10.6. The smallest absolute Gasteiger partial charge is 0.118 e. The van der Waals surface area contributed by atoms with Gasteiger partial charge in [-0.1, -0.05) is 69.5 Å². The van der Waals surface area contributed by atoms with Gasteiger partial charge in [0.15, 0.2) is 0 Å². The summed E-state index contributed by atoms with van der Waals surface area (Å²) in [5.41, 5.74) is 2.84. The highest BCUT2D eigenvalue weighted by molar-refractivity contribution is 6.30. The number of halogens is 1. The van der Waals surface area contributed by atoms with Gasteiger partial charge >= 0.3 is 0 Å². The molecule has 0 saturated carbocycles. The van der Waals surface area contributed by atoms with Gasteiger partial charge in [-0.05, 0) is 72.4 Å². The first-order valence-electron chi connectivity index (χ1n) is 9.89. The predicted molar refractivity (Wildman–Crippen MR) is 114 cm³/mol. The van der Waals surface area contributed by atoms with Gasteiger partial charge in [0.05, 0.1) is 7.11 Å². The van der Waals surface area contributed by atoms with E-state index in [1.165, 1.54) is 43.2 Å². The van der Waals surface area contributed by atoms with E-state index in [2.05, 4.69) is 57.2 Å². The second-order valence-electron chi connectivity index (χ2n) is 7.82. The maximum Gasteiger partial charge on any atom is 0.118 e. The first-order valence-corrected chi connectivity index (χ1v) is 10.3. The SMILES string of the molecule is COc1ccc(C(CCCC(C)c2ccc(Cl)cc2)CCC(C)C)cc1. The Bertz CT molecular complexity index is 630. The fourth-order valence-electron chi connectivity index (χ4n) is 3.52. The average molecular weight is 373 g/mol. The van der Waals surface area contributed by atoms with Crippen LogP contribution in [0, 0.1) is 5.92 Å². The van der Waals surface area contributed by atoms with Crippen LogP contribution < -0.4 is 4.74 Å². The predicted octanol–water partition coefficient (Wildman–Crippen LogP) is 7.84. The molecule has 0 bridgehead atoms. The van der Waals surface area contributed by atoms with Crippen molar-refractivity contribution in [2.45, 2.75) is 64.7 Å². The summed E-state index contributed by atoms with van der Waals surface area (Å²) < 4.78 is 5.31. The van der Waals surface area contributed by atoms with E-state index in [4.69, 9.17) is 16.3 Å². The Kier molecular flexibility index (Phi) is 8.51. The molecule has 0 aliphatic heterocycles. The summed E-state index contributed by atoms with van der Waals surface area (Å²) in [6.45, 7) is 6.95. The molecule has 0 aliphatic carbocycles. The lowest BCUT2D eigenvalue weighted by atomic mass is 9.85. The number of ether oxygens (including phenoxy) is 1. The van der Waals surface area contributed by atoms with Crippen molar-refractivity contribution in [3.63, 3.8) is 0 Å². The minimum Gasteiger partial charge on any atom is -0.497 e. The number of hydrogen-bond donors (Lipinski definition) is 0. The Balaban J connectivity index is 1.93. The average Bonchev–Trinajstić information content (AvgIpc) is 2.65. The largest absolute Gasteiger partial charge is 0.497 e. The van der Waals surface area contributed by atoms with Crippen molar-refractivity contribution in [2.75, 3.05) is 7.11 Å². The molecule has 2 rings (SSSR count). The lowest BCUT2D eigenvalue weighted by molar-refractivity contribution is 0.414. The minimum absolute atomic E-state index is 0.578. The molecule has 2 heteroatoms. The van der Waals surface area contributed by atoms with Gasteiger partial charge < -0.3 is 4.74 Å². The summed E-state index contributed by atoms with van der Waals surface area (Å²) in [7, 11) is 1.73. The molecule has 142 valence electrons. The molecule has 2 aromatic carbocycles. The number of benzene rings is 2. The van der Waals surface area contributed by atoms with Crippen molar-refractivity contribution in [1.29, 1.82) is 0 Å². The second-order valence-corrected chi connectivity index (χ2v) is 8.26. The van der Waals surface area contributed by atoms with Gasteiger partial charge in [-0.3, -0.25) is 0 Å². The van der Waals surface area contributed by atoms with E-state index >= 15 is 0 Å². The fraction of sp³-hybridized carbons (Fsp3) is 0.500. The van der Waals surface area contributed by atoms with Crippen molar-refractivity contribution >= 4 is 11.6 Å². The van der Waals surface area contributed by atoms with E-state index in [1.807, 2.05) is 12.1 Å². The summed E-state index contributed by atoms with van der Waals surface area (Å²) >= 11 is 6.00. The van der Waals surface area contributed by atoms with Crippen LogP contribution >= 0.6 is 11.6 Å². The van der Waals surface area contributed by atoms with Crippen LogP contribution in [-0.2, 0) is 0 Å². The molecule has 0 aliphatic rings. The number of rotatable bonds is 10. The molecule has 0 heterocycles. The Morgan fingerprint density at radius 2 is 1.38 bits per heavy atom. The van der Waals surface area contributed by atoms with E-state index in [0.717, 1.165) is 16.7 Å². The lowest BCUT2D eigenvalue weighted by Gasteiger charge is -2.20. The molecule has 2 unspecified atom stereocenters. The summed E-state index contributed by atoms with van der Waals surface area (Å²) in [4.78, 5) is 0. The topological polar surface area (TPSA) is 9.23 Å². The quantitative estimate of drug-likeness (QED) is 0.412. The third kappa shape index (κ3) is 6.68. The van der Waals surface area contributed by atoms with E-state index in [1.54, 1.807) is 7.11 Å². The number of hydrogen-bond acceptors (Lipinski definition) is 1. The molecule has 0 saturated heterocycles. The summed E-state index contributed by atoms with van der Waals surface area (Å²) in [5, 5.41) is 0.814. The molecule has 0 amide bonds. The molecule has 2 aromatic rings. The molecule has 1 nitrogen and oxygen atoms in total. The molecule has 0 fully saturated rings. The summed E-state index contributed by atoms with van der Waals surface area (Å²) in [6.07, 6.45) is 6.26. The third-order valence-electron chi connectivity index (χ3n) is 5.31. The van der Waals surface area contributed by atoms with Gasteiger partial charge in [0.25, 0.3) is 0 Å². The maximum atomic E-state index is 6.00. The molecule has 2 atom stereocenters. The Morgan fingerprint density at radius 1 is 0.769 bits per heavy atom. The van der Waals surface area contributed by atoms with Gasteiger partial charge in [-0.2, -0.15) is 0 Å². The first kappa shape index (κ1) is 20.8. The van der Waals surface area contributed by atoms with Crippen molar-refractivity contribution in [3.8, 4) is 5.75 Å². The van der Waals surface area contributed by atoms with Gasteiger partial charge in [-0.15, -0.1) is 0 Å². The minimum atomic E-state index is 0.578. The zero-order valence-electron chi connectivity index (χ0n) is 16.7.